The molecule has 0 bridgehead atoms. The first kappa shape index (κ1) is 29.9. The molecule has 144 valence electrons. The number of hydrogen-bond acceptors (Lipinski definition) is 2. The van der Waals surface area contributed by atoms with Crippen LogP contribution in [0.25, 0.3) is 0 Å². The molecule has 0 aliphatic rings. The Kier molecular flexibility index (Phi) is 31.6. The minimum absolute atomic E-state index is 0. The molecule has 0 spiro atoms. The van der Waals surface area contributed by atoms with E-state index in [9.17, 15) is 4.79 Å². The third-order valence-corrected chi connectivity index (χ3v) is 3.65. The van der Waals surface area contributed by atoms with Crippen molar-refractivity contribution in [3.63, 3.8) is 0 Å². The summed E-state index contributed by atoms with van der Waals surface area (Å²) in [5, 5.41) is 8.51. The Hall–Kier alpha value is 0.170. The van der Waals surface area contributed by atoms with Crippen LogP contribution in [-0.2, 0) is 4.79 Å². The molecule has 0 aromatic rings. The van der Waals surface area contributed by atoms with Crippen molar-refractivity contribution in [2.75, 3.05) is 0 Å². The summed E-state index contributed by atoms with van der Waals surface area (Å²) in [6.45, 7) is 7.51. The normalized spacial score (nSPS) is 11.5. The van der Waals surface area contributed by atoms with Gasteiger partial charge >= 0.3 is 35.5 Å². The summed E-state index contributed by atoms with van der Waals surface area (Å²) < 4.78 is 0. The zero-order valence-electron chi connectivity index (χ0n) is 17.3. The molecule has 0 saturated carbocycles. The van der Waals surface area contributed by atoms with Crippen LogP contribution in [0.2, 0.25) is 0 Å². The number of hydrogen-bond donors (Lipinski definition) is 2. The second-order valence-corrected chi connectivity index (χ2v) is 6.71. The van der Waals surface area contributed by atoms with Crippen molar-refractivity contribution in [2.45, 2.75) is 110 Å². The van der Waals surface area contributed by atoms with Gasteiger partial charge in [0.2, 0.25) is 0 Å². The van der Waals surface area contributed by atoms with E-state index in [4.69, 9.17) is 10.8 Å². The standard InChI is InChI=1S/C18H34O2.C3H8N.Na/c1-2-3-4-5-6-7-8-9-10-11-12-13-14-15-16-17-18(19)20;1-3(2)4;/h9-10H,2-8,11-17H2,1H3,(H,19,20);3H,1,4H2,2H3;/q;-1;+1/b10-9-;;. The van der Waals surface area contributed by atoms with Crippen molar-refractivity contribution in [1.29, 1.82) is 0 Å². The van der Waals surface area contributed by atoms with E-state index in [0.29, 0.717) is 6.42 Å². The summed E-state index contributed by atoms with van der Waals surface area (Å²) in [6, 6.07) is 0.0833. The number of nitrogens with two attached hydrogens (primary N) is 1. The molecule has 25 heavy (non-hydrogen) atoms. The van der Waals surface area contributed by atoms with Crippen molar-refractivity contribution in [3.05, 3.63) is 19.1 Å². The molecular formula is C21H42NNaO2. The van der Waals surface area contributed by atoms with Gasteiger partial charge in [0.05, 0.1) is 0 Å². The molecule has 0 aromatic heterocycles. The van der Waals surface area contributed by atoms with Crippen LogP contribution in [0.4, 0.5) is 0 Å². The van der Waals surface area contributed by atoms with Crippen molar-refractivity contribution in [1.82, 2.24) is 0 Å². The second kappa shape index (κ2) is 26.4. The largest absolute Gasteiger partial charge is 1.00 e. The fraction of sp³-hybridized carbons (Fsp3) is 0.810. The van der Waals surface area contributed by atoms with Crippen LogP contribution >= 0.6 is 0 Å². The molecule has 0 aliphatic carbocycles. The van der Waals surface area contributed by atoms with Crippen LogP contribution in [0, 0.1) is 6.92 Å². The number of aliphatic carboxylic acids is 1. The van der Waals surface area contributed by atoms with Gasteiger partial charge in [-0.3, -0.25) is 4.79 Å². The van der Waals surface area contributed by atoms with Crippen molar-refractivity contribution in [3.8, 4) is 0 Å². The second-order valence-electron chi connectivity index (χ2n) is 6.71. The molecule has 0 aromatic carbocycles. The zero-order valence-corrected chi connectivity index (χ0v) is 19.3. The maximum Gasteiger partial charge on any atom is 1.00 e. The molecule has 0 rings (SSSR count). The predicted molar refractivity (Wildman–Crippen MR) is 106 cm³/mol. The average molecular weight is 364 g/mol. The molecule has 3 nitrogen and oxygen atoms in total. The van der Waals surface area contributed by atoms with Gasteiger partial charge in [-0.05, 0) is 32.1 Å². The van der Waals surface area contributed by atoms with E-state index in [1.165, 1.54) is 70.6 Å². The predicted octanol–water partition coefficient (Wildman–Crippen LogP) is 3.28. The molecule has 0 heterocycles. The van der Waals surface area contributed by atoms with Crippen LogP contribution < -0.4 is 35.3 Å². The summed E-state index contributed by atoms with van der Waals surface area (Å²) >= 11 is 0. The first-order chi connectivity index (χ1) is 11.5. The Morgan fingerprint density at radius 2 is 1.28 bits per heavy atom. The smallest absolute Gasteiger partial charge is 0.481 e. The molecule has 0 radical (unpaired) electrons. The number of carbonyl (C=O) groups is 1. The van der Waals surface area contributed by atoms with E-state index in [0.717, 1.165) is 12.8 Å². The fourth-order valence-electron chi connectivity index (χ4n) is 2.35. The van der Waals surface area contributed by atoms with Crippen molar-refractivity contribution < 1.29 is 39.5 Å². The van der Waals surface area contributed by atoms with Crippen molar-refractivity contribution >= 4 is 5.97 Å². The Morgan fingerprint density at radius 1 is 0.920 bits per heavy atom. The number of carboxylic acids is 1. The van der Waals surface area contributed by atoms with E-state index in [1.54, 1.807) is 0 Å². The molecule has 0 fully saturated rings. The van der Waals surface area contributed by atoms with Gasteiger partial charge in [-0.15, -0.1) is 6.04 Å². The molecule has 1 unspecified atom stereocenters. The molecular weight excluding hydrogens is 321 g/mol. The fourth-order valence-corrected chi connectivity index (χ4v) is 2.35. The van der Waals surface area contributed by atoms with Gasteiger partial charge in [0, 0.05) is 6.42 Å². The van der Waals surface area contributed by atoms with E-state index in [1.807, 2.05) is 6.92 Å². The van der Waals surface area contributed by atoms with E-state index in [-0.39, 0.29) is 35.6 Å². The van der Waals surface area contributed by atoms with Gasteiger partial charge < -0.3 is 17.8 Å². The Bertz CT molecular complexity index is 278. The van der Waals surface area contributed by atoms with Gasteiger partial charge in [0.1, 0.15) is 0 Å². The maximum atomic E-state index is 10.3. The van der Waals surface area contributed by atoms with Gasteiger partial charge in [0.15, 0.2) is 0 Å². The molecule has 0 amide bonds. The van der Waals surface area contributed by atoms with Crippen LogP contribution in [0.5, 0.6) is 0 Å². The summed E-state index contributed by atoms with van der Waals surface area (Å²) in [6.07, 6.45) is 21.2. The molecule has 3 N–H and O–H groups in total. The quantitative estimate of drug-likeness (QED) is 0.203. The van der Waals surface area contributed by atoms with Gasteiger partial charge in [-0.25, -0.2) is 0 Å². The topological polar surface area (TPSA) is 63.3 Å². The number of carboxylic acid groups (broad SMARTS) is 1. The van der Waals surface area contributed by atoms with Crippen LogP contribution in [0.15, 0.2) is 12.2 Å². The van der Waals surface area contributed by atoms with Crippen molar-refractivity contribution in [2.24, 2.45) is 5.73 Å². The Labute approximate surface area is 179 Å². The Morgan fingerprint density at radius 3 is 1.68 bits per heavy atom. The van der Waals surface area contributed by atoms with Gasteiger partial charge in [0.25, 0.3) is 0 Å². The summed E-state index contributed by atoms with van der Waals surface area (Å²) in [5.74, 6) is -0.664. The minimum atomic E-state index is -0.664. The van der Waals surface area contributed by atoms with Gasteiger partial charge in [-0.2, -0.15) is 0 Å². The third kappa shape index (κ3) is 40.3. The first-order valence-corrected chi connectivity index (χ1v) is 9.96. The third-order valence-electron chi connectivity index (χ3n) is 3.65. The average Bonchev–Trinajstić information content (AvgIpc) is 2.50. The van der Waals surface area contributed by atoms with Crippen LogP contribution in [-0.4, -0.2) is 17.1 Å². The SMILES string of the molecule is CCCCCCCC/C=C\CCCCCCCC(=O)O.[CH2-]C(C)N.[Na+]. The number of allylic oxidation sites excluding steroid dienone is 2. The molecule has 0 saturated heterocycles. The van der Waals surface area contributed by atoms with E-state index >= 15 is 0 Å². The summed E-state index contributed by atoms with van der Waals surface area (Å²) in [7, 11) is 0. The number of unbranched alkanes of at least 4 members (excludes halogenated alkanes) is 11. The van der Waals surface area contributed by atoms with E-state index < -0.39 is 5.97 Å². The monoisotopic (exact) mass is 363 g/mol. The molecule has 0 aliphatic heterocycles. The maximum absolute atomic E-state index is 10.3. The van der Waals surface area contributed by atoms with Crippen LogP contribution in [0.3, 0.4) is 0 Å². The summed E-state index contributed by atoms with van der Waals surface area (Å²) in [4.78, 5) is 10.3. The zero-order chi connectivity index (χ0) is 18.5. The number of rotatable bonds is 15. The van der Waals surface area contributed by atoms with Gasteiger partial charge in [-0.1, -0.05) is 77.4 Å². The Balaban J connectivity index is -0.000000867. The first-order valence-electron chi connectivity index (χ1n) is 9.96. The minimum Gasteiger partial charge on any atom is -0.481 e. The van der Waals surface area contributed by atoms with Crippen LogP contribution in [0.1, 0.15) is 104 Å². The van der Waals surface area contributed by atoms with E-state index in [2.05, 4.69) is 26.0 Å². The molecule has 1 atom stereocenters. The molecule has 4 heteroatoms. The summed E-state index contributed by atoms with van der Waals surface area (Å²) in [5.41, 5.74) is 5.00.